The molecule has 2 heterocycles. The van der Waals surface area contributed by atoms with Gasteiger partial charge in [0.15, 0.2) is 0 Å². The summed E-state index contributed by atoms with van der Waals surface area (Å²) >= 11 is 0. The van der Waals surface area contributed by atoms with Crippen LogP contribution in [-0.4, -0.2) is 21.8 Å². The van der Waals surface area contributed by atoms with Gasteiger partial charge in [-0.15, -0.1) is 0 Å². The van der Waals surface area contributed by atoms with Gasteiger partial charge < -0.3 is 10.1 Å². The summed E-state index contributed by atoms with van der Waals surface area (Å²) in [6, 6.07) is 8.20. The van der Waals surface area contributed by atoms with Crippen molar-refractivity contribution in [2.24, 2.45) is 7.05 Å². The zero-order valence-electron chi connectivity index (χ0n) is 13.3. The molecule has 0 bridgehead atoms. The van der Waals surface area contributed by atoms with E-state index in [0.717, 1.165) is 35.5 Å². The van der Waals surface area contributed by atoms with Crippen molar-refractivity contribution in [3.8, 4) is 5.75 Å². The molecule has 0 radical (unpaired) electrons. The summed E-state index contributed by atoms with van der Waals surface area (Å²) in [6.07, 6.45) is 7.52. The SMILES string of the molecule is Cn1ncc2c1NC(=O)C[C@H]2c1ccc(OC2CCCC2)cc1. The molecule has 120 valence electrons. The van der Waals surface area contributed by atoms with Crippen molar-refractivity contribution >= 4 is 11.7 Å². The van der Waals surface area contributed by atoms with Gasteiger partial charge in [-0.25, -0.2) is 0 Å². The first-order chi connectivity index (χ1) is 11.2. The quantitative estimate of drug-likeness (QED) is 0.947. The van der Waals surface area contributed by atoms with Crippen molar-refractivity contribution in [3.63, 3.8) is 0 Å². The highest BCUT2D eigenvalue weighted by Crippen LogP contribution is 2.37. The average Bonchev–Trinajstić information content (AvgIpc) is 3.18. The molecule has 1 amide bonds. The number of aryl methyl sites for hydroxylation is 1. The third-order valence-corrected chi connectivity index (χ3v) is 4.88. The van der Waals surface area contributed by atoms with Gasteiger partial charge in [0.2, 0.25) is 5.91 Å². The number of anilines is 1. The molecule has 23 heavy (non-hydrogen) atoms. The smallest absolute Gasteiger partial charge is 0.226 e. The minimum absolute atomic E-state index is 0.0392. The van der Waals surface area contributed by atoms with Crippen molar-refractivity contribution in [1.29, 1.82) is 0 Å². The summed E-state index contributed by atoms with van der Waals surface area (Å²) in [6.45, 7) is 0. The molecular formula is C18H21N3O2. The van der Waals surface area contributed by atoms with Crippen LogP contribution in [-0.2, 0) is 11.8 Å². The van der Waals surface area contributed by atoms with Crippen LogP contribution in [0.5, 0.6) is 5.75 Å². The lowest BCUT2D eigenvalue weighted by Crippen LogP contribution is -2.24. The van der Waals surface area contributed by atoms with Gasteiger partial charge in [-0.2, -0.15) is 5.10 Å². The Bertz CT molecular complexity index is 714. The molecule has 1 aliphatic heterocycles. The largest absolute Gasteiger partial charge is 0.490 e. The van der Waals surface area contributed by atoms with Crippen molar-refractivity contribution < 1.29 is 9.53 Å². The molecule has 1 saturated carbocycles. The van der Waals surface area contributed by atoms with Crippen molar-refractivity contribution in [2.75, 3.05) is 5.32 Å². The number of hydrogen-bond acceptors (Lipinski definition) is 3. The number of hydrogen-bond donors (Lipinski definition) is 1. The van der Waals surface area contributed by atoms with Crippen molar-refractivity contribution in [3.05, 3.63) is 41.6 Å². The third-order valence-electron chi connectivity index (χ3n) is 4.88. The topological polar surface area (TPSA) is 56.2 Å². The highest BCUT2D eigenvalue weighted by atomic mass is 16.5. The van der Waals surface area contributed by atoms with E-state index in [9.17, 15) is 4.79 Å². The van der Waals surface area contributed by atoms with E-state index in [1.165, 1.54) is 12.8 Å². The first-order valence-corrected chi connectivity index (χ1v) is 8.29. The van der Waals surface area contributed by atoms with Gasteiger partial charge in [0, 0.05) is 24.9 Å². The van der Waals surface area contributed by atoms with Crippen LogP contribution < -0.4 is 10.1 Å². The molecule has 1 atom stereocenters. The van der Waals surface area contributed by atoms with E-state index in [2.05, 4.69) is 22.5 Å². The molecule has 1 fully saturated rings. The Morgan fingerprint density at radius 3 is 2.70 bits per heavy atom. The summed E-state index contributed by atoms with van der Waals surface area (Å²) in [5.41, 5.74) is 2.21. The molecule has 5 nitrogen and oxygen atoms in total. The Labute approximate surface area is 135 Å². The van der Waals surface area contributed by atoms with Gasteiger partial charge in [-0.1, -0.05) is 12.1 Å². The second kappa shape index (κ2) is 5.72. The lowest BCUT2D eigenvalue weighted by Gasteiger charge is -2.23. The highest BCUT2D eigenvalue weighted by Gasteiger charge is 2.29. The van der Waals surface area contributed by atoms with E-state index in [-0.39, 0.29) is 11.8 Å². The van der Waals surface area contributed by atoms with Crippen LogP contribution in [0.2, 0.25) is 0 Å². The highest BCUT2D eigenvalue weighted by molar-refractivity contribution is 5.94. The van der Waals surface area contributed by atoms with E-state index >= 15 is 0 Å². The number of carbonyl (C=O) groups excluding carboxylic acids is 1. The molecule has 5 heteroatoms. The molecule has 0 unspecified atom stereocenters. The molecule has 0 saturated heterocycles. The van der Waals surface area contributed by atoms with Crippen LogP contribution >= 0.6 is 0 Å². The summed E-state index contributed by atoms with van der Waals surface area (Å²) in [5.74, 6) is 1.83. The molecular weight excluding hydrogens is 290 g/mol. The summed E-state index contributed by atoms with van der Waals surface area (Å²) in [5, 5.41) is 7.18. The minimum atomic E-state index is 0.0392. The molecule has 4 rings (SSSR count). The van der Waals surface area contributed by atoms with Crippen LogP contribution in [0.3, 0.4) is 0 Å². The van der Waals surface area contributed by atoms with E-state index in [4.69, 9.17) is 4.74 Å². The monoisotopic (exact) mass is 311 g/mol. The number of amides is 1. The zero-order chi connectivity index (χ0) is 15.8. The molecule has 1 aromatic carbocycles. The minimum Gasteiger partial charge on any atom is -0.490 e. The number of benzene rings is 1. The molecule has 1 aromatic heterocycles. The normalized spacial score (nSPS) is 21.1. The van der Waals surface area contributed by atoms with Crippen LogP contribution in [0, 0.1) is 0 Å². The number of fused-ring (bicyclic) bond motifs is 1. The molecule has 2 aromatic rings. The Kier molecular flexibility index (Phi) is 3.56. The predicted octanol–water partition coefficient (Wildman–Crippen LogP) is 3.22. The Balaban J connectivity index is 1.57. The standard InChI is InChI=1S/C18H21N3O2/c1-21-18-16(11-19-21)15(10-17(22)20-18)12-6-8-14(9-7-12)23-13-4-2-3-5-13/h6-9,11,13,15H,2-5,10H2,1H3,(H,20,22)/t15-/m0/s1. The van der Waals surface area contributed by atoms with Gasteiger partial charge in [0.1, 0.15) is 11.6 Å². The van der Waals surface area contributed by atoms with Crippen LogP contribution in [0.15, 0.2) is 30.5 Å². The van der Waals surface area contributed by atoms with Gasteiger partial charge in [-0.3, -0.25) is 9.48 Å². The lowest BCUT2D eigenvalue weighted by atomic mass is 9.87. The maximum Gasteiger partial charge on any atom is 0.226 e. The van der Waals surface area contributed by atoms with Crippen LogP contribution in [0.4, 0.5) is 5.82 Å². The van der Waals surface area contributed by atoms with Gasteiger partial charge in [-0.05, 0) is 43.4 Å². The van der Waals surface area contributed by atoms with Crippen molar-refractivity contribution in [1.82, 2.24) is 9.78 Å². The Morgan fingerprint density at radius 2 is 1.96 bits per heavy atom. The van der Waals surface area contributed by atoms with Crippen molar-refractivity contribution in [2.45, 2.75) is 44.1 Å². The number of rotatable bonds is 3. The fraction of sp³-hybridized carbons (Fsp3) is 0.444. The second-order valence-corrected chi connectivity index (χ2v) is 6.47. The van der Waals surface area contributed by atoms with E-state index in [1.807, 2.05) is 25.4 Å². The fourth-order valence-corrected chi connectivity index (χ4v) is 3.62. The van der Waals surface area contributed by atoms with Gasteiger partial charge in [0.25, 0.3) is 0 Å². The van der Waals surface area contributed by atoms with Crippen LogP contribution in [0.25, 0.3) is 0 Å². The average molecular weight is 311 g/mol. The first kappa shape index (κ1) is 14.3. The number of carbonyl (C=O) groups is 1. The predicted molar refractivity (Wildman–Crippen MR) is 87.6 cm³/mol. The number of ether oxygens (including phenoxy) is 1. The fourth-order valence-electron chi connectivity index (χ4n) is 3.62. The summed E-state index contributed by atoms with van der Waals surface area (Å²) in [4.78, 5) is 12.0. The first-order valence-electron chi connectivity index (χ1n) is 8.29. The second-order valence-electron chi connectivity index (χ2n) is 6.47. The van der Waals surface area contributed by atoms with E-state index in [1.54, 1.807) is 4.68 Å². The molecule has 1 aliphatic carbocycles. The number of aromatic nitrogens is 2. The maximum atomic E-state index is 12.0. The lowest BCUT2D eigenvalue weighted by molar-refractivity contribution is -0.116. The van der Waals surface area contributed by atoms with E-state index in [0.29, 0.717) is 12.5 Å². The van der Waals surface area contributed by atoms with E-state index < -0.39 is 0 Å². The summed E-state index contributed by atoms with van der Waals surface area (Å²) in [7, 11) is 1.85. The molecule has 2 aliphatic rings. The van der Waals surface area contributed by atoms with Gasteiger partial charge >= 0.3 is 0 Å². The summed E-state index contributed by atoms with van der Waals surface area (Å²) < 4.78 is 7.74. The van der Waals surface area contributed by atoms with Gasteiger partial charge in [0.05, 0.1) is 12.3 Å². The third kappa shape index (κ3) is 2.71. The number of nitrogens with one attached hydrogen (secondary N) is 1. The Hall–Kier alpha value is -2.30. The molecule has 1 N–H and O–H groups in total. The zero-order valence-corrected chi connectivity index (χ0v) is 13.3. The Morgan fingerprint density at radius 1 is 1.22 bits per heavy atom. The maximum absolute atomic E-state index is 12.0. The van der Waals surface area contributed by atoms with Crippen LogP contribution in [0.1, 0.15) is 49.1 Å². The molecule has 0 spiro atoms. The number of nitrogens with zero attached hydrogens (tertiary/aromatic N) is 2.